The van der Waals surface area contributed by atoms with Crippen LogP contribution in [-0.2, 0) is 26.1 Å². The number of rotatable bonds is 5. The second-order valence-corrected chi connectivity index (χ2v) is 11.0. The van der Waals surface area contributed by atoms with E-state index in [0.29, 0.717) is 12.1 Å². The molecule has 27 heavy (non-hydrogen) atoms. The Morgan fingerprint density at radius 2 is 1.63 bits per heavy atom. The fourth-order valence-electron chi connectivity index (χ4n) is 3.17. The van der Waals surface area contributed by atoms with Gasteiger partial charge in [-0.1, -0.05) is 13.0 Å². The summed E-state index contributed by atoms with van der Waals surface area (Å²) in [5.74, 6) is -0.525. The fraction of sp³-hybridized carbons (Fsp3) is 0.625. The predicted molar refractivity (Wildman–Crippen MR) is 90.1 cm³/mol. The summed E-state index contributed by atoms with van der Waals surface area (Å²) in [6, 6.07) is 2.97. The van der Waals surface area contributed by atoms with Crippen LogP contribution in [0.1, 0.15) is 44.6 Å². The minimum atomic E-state index is -4.75. The first-order chi connectivity index (χ1) is 12.1. The van der Waals surface area contributed by atoms with E-state index >= 15 is 4.39 Å². The van der Waals surface area contributed by atoms with E-state index in [1.807, 2.05) is 0 Å². The highest BCUT2D eigenvalue weighted by molar-refractivity contribution is 7.92. The van der Waals surface area contributed by atoms with Gasteiger partial charge >= 0.3 is 6.18 Å². The van der Waals surface area contributed by atoms with E-state index in [2.05, 4.69) is 0 Å². The maximum absolute atomic E-state index is 15.2. The van der Waals surface area contributed by atoms with Gasteiger partial charge in [-0.05, 0) is 55.7 Å². The number of alkyl halides is 4. The average Bonchev–Trinajstić information content (AvgIpc) is 2.55. The van der Waals surface area contributed by atoms with Crippen molar-refractivity contribution in [2.75, 3.05) is 5.75 Å². The van der Waals surface area contributed by atoms with Crippen molar-refractivity contribution in [3.05, 3.63) is 29.8 Å². The molecule has 0 aromatic heterocycles. The van der Waals surface area contributed by atoms with Gasteiger partial charge in [0, 0.05) is 0 Å². The smallest absolute Gasteiger partial charge is 0.286 e. The summed E-state index contributed by atoms with van der Waals surface area (Å²) in [6.45, 7) is 1.66. The summed E-state index contributed by atoms with van der Waals surface area (Å²) in [5.41, 5.74) is -1.87. The third kappa shape index (κ3) is 5.00. The molecule has 0 spiro atoms. The monoisotopic (exact) mass is 432 g/mol. The number of halogens is 4. The van der Waals surface area contributed by atoms with Gasteiger partial charge in [0.25, 0.3) is 10.1 Å². The molecule has 154 valence electrons. The van der Waals surface area contributed by atoms with Gasteiger partial charge < -0.3 is 0 Å². The molecule has 0 saturated heterocycles. The lowest BCUT2D eigenvalue weighted by Crippen LogP contribution is -2.41. The van der Waals surface area contributed by atoms with E-state index in [0.717, 1.165) is 12.1 Å². The lowest BCUT2D eigenvalue weighted by atomic mass is 9.73. The van der Waals surface area contributed by atoms with Gasteiger partial charge in [0.15, 0.2) is 0 Å². The maximum Gasteiger partial charge on any atom is 0.416 e. The SMILES string of the molecule is CC1(CCS(=O)(=O)O)CCC(F)(S(=O)(=O)c2cccc(C(F)(F)F)c2)CC1. The minimum absolute atomic E-state index is 0.0250. The Balaban J connectivity index is 2.23. The molecule has 0 bridgehead atoms. The molecular formula is C16H20F4O5S2. The molecule has 1 fully saturated rings. The third-order valence-corrected chi connectivity index (χ3v) is 8.09. The summed E-state index contributed by atoms with van der Waals surface area (Å²) in [4.78, 5) is -0.735. The maximum atomic E-state index is 15.2. The van der Waals surface area contributed by atoms with Gasteiger partial charge in [-0.25, -0.2) is 12.8 Å². The zero-order valence-electron chi connectivity index (χ0n) is 14.5. The number of hydrogen-bond acceptors (Lipinski definition) is 4. The highest BCUT2D eigenvalue weighted by atomic mass is 32.2. The van der Waals surface area contributed by atoms with Crippen molar-refractivity contribution in [2.45, 2.75) is 55.1 Å². The zero-order valence-corrected chi connectivity index (χ0v) is 16.1. The molecule has 11 heteroatoms. The topological polar surface area (TPSA) is 88.5 Å². The van der Waals surface area contributed by atoms with Crippen molar-refractivity contribution in [3.63, 3.8) is 0 Å². The Morgan fingerprint density at radius 3 is 2.11 bits per heavy atom. The second kappa shape index (κ2) is 7.00. The molecule has 0 radical (unpaired) electrons. The van der Waals surface area contributed by atoms with Crippen LogP contribution in [0.2, 0.25) is 0 Å². The van der Waals surface area contributed by atoms with Gasteiger partial charge in [0.1, 0.15) is 0 Å². The van der Waals surface area contributed by atoms with E-state index in [-0.39, 0.29) is 19.3 Å². The van der Waals surface area contributed by atoms with Crippen LogP contribution >= 0.6 is 0 Å². The van der Waals surface area contributed by atoms with Crippen LogP contribution in [0.5, 0.6) is 0 Å². The Morgan fingerprint density at radius 1 is 1.07 bits per heavy atom. The van der Waals surface area contributed by atoms with Crippen molar-refractivity contribution in [2.24, 2.45) is 5.41 Å². The minimum Gasteiger partial charge on any atom is -0.286 e. The van der Waals surface area contributed by atoms with Gasteiger partial charge in [0.05, 0.1) is 16.2 Å². The quantitative estimate of drug-likeness (QED) is 0.561. The normalized spacial score (nSPS) is 27.5. The summed E-state index contributed by atoms with van der Waals surface area (Å²) < 4.78 is 110. The van der Waals surface area contributed by atoms with E-state index < -0.39 is 65.6 Å². The Kier molecular flexibility index (Phi) is 5.73. The summed E-state index contributed by atoms with van der Waals surface area (Å²) in [7, 11) is -8.87. The molecule has 1 saturated carbocycles. The molecule has 0 unspecified atom stereocenters. The van der Waals surface area contributed by atoms with Crippen molar-refractivity contribution >= 4 is 20.0 Å². The van der Waals surface area contributed by atoms with E-state index in [1.165, 1.54) is 0 Å². The van der Waals surface area contributed by atoms with Gasteiger partial charge in [0.2, 0.25) is 14.8 Å². The first-order valence-corrected chi connectivity index (χ1v) is 11.2. The van der Waals surface area contributed by atoms with Crippen molar-refractivity contribution in [3.8, 4) is 0 Å². The molecule has 2 rings (SSSR count). The molecule has 0 aliphatic heterocycles. The van der Waals surface area contributed by atoms with Crippen molar-refractivity contribution in [1.29, 1.82) is 0 Å². The van der Waals surface area contributed by atoms with Crippen LogP contribution in [0.25, 0.3) is 0 Å². The van der Waals surface area contributed by atoms with Crippen LogP contribution in [0, 0.1) is 5.41 Å². The van der Waals surface area contributed by atoms with Crippen LogP contribution in [0.3, 0.4) is 0 Å². The molecule has 0 heterocycles. The average molecular weight is 432 g/mol. The molecule has 1 N–H and O–H groups in total. The van der Waals surface area contributed by atoms with Crippen LogP contribution in [0.15, 0.2) is 29.2 Å². The van der Waals surface area contributed by atoms with E-state index in [4.69, 9.17) is 4.55 Å². The molecule has 1 aliphatic carbocycles. The molecule has 1 aliphatic rings. The highest BCUT2D eigenvalue weighted by Crippen LogP contribution is 2.49. The predicted octanol–water partition coefficient (Wildman–Crippen LogP) is 4.00. The Labute approximate surface area is 155 Å². The number of benzene rings is 1. The zero-order chi connectivity index (χ0) is 20.7. The highest BCUT2D eigenvalue weighted by Gasteiger charge is 2.50. The van der Waals surface area contributed by atoms with Gasteiger partial charge in [-0.15, -0.1) is 0 Å². The Bertz CT molecular complexity index is 899. The van der Waals surface area contributed by atoms with Crippen LogP contribution in [-0.4, -0.2) is 32.1 Å². The van der Waals surface area contributed by atoms with Crippen molar-refractivity contribution in [1.82, 2.24) is 0 Å². The summed E-state index contributed by atoms with van der Waals surface area (Å²) >= 11 is 0. The van der Waals surface area contributed by atoms with E-state index in [1.54, 1.807) is 6.92 Å². The van der Waals surface area contributed by atoms with E-state index in [9.17, 15) is 30.0 Å². The molecule has 5 nitrogen and oxygen atoms in total. The molecule has 0 atom stereocenters. The van der Waals surface area contributed by atoms with Crippen LogP contribution < -0.4 is 0 Å². The third-order valence-electron chi connectivity index (χ3n) is 5.12. The fourth-order valence-corrected chi connectivity index (χ4v) is 5.63. The molecule has 1 aromatic rings. The molecule has 1 aromatic carbocycles. The number of hydrogen-bond donors (Lipinski definition) is 1. The molecule has 0 amide bonds. The second-order valence-electron chi connectivity index (χ2n) is 7.26. The lowest BCUT2D eigenvalue weighted by Gasteiger charge is -2.40. The Hall–Kier alpha value is -1.20. The first kappa shape index (κ1) is 22.1. The van der Waals surface area contributed by atoms with Gasteiger partial charge in [-0.2, -0.15) is 21.6 Å². The number of sulfone groups is 1. The van der Waals surface area contributed by atoms with Crippen LogP contribution in [0.4, 0.5) is 17.6 Å². The summed E-state index contributed by atoms with van der Waals surface area (Å²) in [5, 5.41) is -2.73. The first-order valence-electron chi connectivity index (χ1n) is 8.14. The summed E-state index contributed by atoms with van der Waals surface area (Å²) in [6.07, 6.45) is -5.60. The van der Waals surface area contributed by atoms with Gasteiger partial charge in [-0.3, -0.25) is 4.55 Å². The van der Waals surface area contributed by atoms with Crippen molar-refractivity contribution < 1.29 is 39.0 Å². The molecular weight excluding hydrogens is 412 g/mol. The standard InChI is InChI=1S/C16H20F4O5S2/c1-14(9-10-26(21,22)23)5-7-15(17,8-6-14)27(24,25)13-4-2-3-12(11-13)16(18,19)20/h2-4,11H,5-10H2,1H3,(H,21,22,23). The lowest BCUT2D eigenvalue weighted by molar-refractivity contribution is -0.137. The largest absolute Gasteiger partial charge is 0.416 e.